The van der Waals surface area contributed by atoms with Crippen molar-refractivity contribution in [1.29, 1.82) is 0 Å². The molecule has 3 heterocycles. The first-order valence-electron chi connectivity index (χ1n) is 8.91. The van der Waals surface area contributed by atoms with Crippen molar-refractivity contribution in [3.8, 4) is 5.75 Å². The van der Waals surface area contributed by atoms with E-state index in [9.17, 15) is 4.79 Å². The van der Waals surface area contributed by atoms with Crippen LogP contribution in [0, 0.1) is 0 Å². The molecule has 0 spiro atoms. The number of aromatic carboxylic acids is 1. The van der Waals surface area contributed by atoms with Gasteiger partial charge in [0.1, 0.15) is 11.9 Å². The van der Waals surface area contributed by atoms with Gasteiger partial charge in [-0.2, -0.15) is 0 Å². The number of piperazine rings is 1. The third kappa shape index (κ3) is 3.22. The molecule has 1 N–H and O–H groups in total. The van der Waals surface area contributed by atoms with E-state index in [0.717, 1.165) is 38.3 Å². The Bertz CT molecular complexity index is 763. The summed E-state index contributed by atoms with van der Waals surface area (Å²) in [6, 6.07) is 8.58. The highest BCUT2D eigenvalue weighted by Gasteiger charge is 2.32. The molecule has 0 bridgehead atoms. The third-order valence-corrected chi connectivity index (χ3v) is 5.27. The minimum Gasteiger partial charge on any atom is -0.488 e. The number of benzene rings is 1. The van der Waals surface area contributed by atoms with Crippen molar-refractivity contribution in [2.45, 2.75) is 25.5 Å². The molecule has 0 aliphatic carbocycles. The molecule has 0 saturated carbocycles. The minimum atomic E-state index is -1.01. The summed E-state index contributed by atoms with van der Waals surface area (Å²) in [5.41, 5.74) is 1.40. The van der Waals surface area contributed by atoms with E-state index in [0.29, 0.717) is 12.0 Å². The molecule has 2 aliphatic rings. The molecular weight excluding hydrogens is 332 g/mol. The molecule has 1 aromatic heterocycles. The maximum Gasteiger partial charge on any atom is 0.338 e. The summed E-state index contributed by atoms with van der Waals surface area (Å²) in [7, 11) is 0. The zero-order valence-corrected chi connectivity index (χ0v) is 14.7. The van der Waals surface area contributed by atoms with Crippen molar-refractivity contribution in [3.05, 3.63) is 47.8 Å². The Morgan fingerprint density at radius 3 is 2.54 bits per heavy atom. The summed E-state index contributed by atoms with van der Waals surface area (Å²) in [5.74, 6) is 0.592. The largest absolute Gasteiger partial charge is 0.488 e. The van der Waals surface area contributed by atoms with E-state index in [4.69, 9.17) is 9.84 Å². The highest BCUT2D eigenvalue weighted by atomic mass is 16.5. The molecule has 0 radical (unpaired) electrons. The van der Waals surface area contributed by atoms with Crippen LogP contribution in [0.1, 0.15) is 22.8 Å². The lowest BCUT2D eigenvalue weighted by Gasteiger charge is -2.39. The number of hydrogen-bond acceptors (Lipinski definition) is 6. The summed E-state index contributed by atoms with van der Waals surface area (Å²) >= 11 is 0. The number of para-hydroxylation sites is 1. The van der Waals surface area contributed by atoms with Crippen LogP contribution >= 0.6 is 0 Å². The number of anilines is 1. The number of ether oxygens (including phenoxy) is 1. The predicted octanol–water partition coefficient (Wildman–Crippen LogP) is 1.69. The van der Waals surface area contributed by atoms with Gasteiger partial charge >= 0.3 is 5.97 Å². The average molecular weight is 354 g/mol. The van der Waals surface area contributed by atoms with Crippen LogP contribution < -0.4 is 9.64 Å². The van der Waals surface area contributed by atoms with Crippen LogP contribution in [0.3, 0.4) is 0 Å². The van der Waals surface area contributed by atoms with E-state index in [1.54, 1.807) is 0 Å². The maximum atomic E-state index is 10.9. The summed E-state index contributed by atoms with van der Waals surface area (Å²) < 4.78 is 6.13. The summed E-state index contributed by atoms with van der Waals surface area (Å²) in [4.78, 5) is 23.8. The van der Waals surface area contributed by atoms with Crippen LogP contribution in [-0.2, 0) is 6.42 Å². The van der Waals surface area contributed by atoms with Gasteiger partial charge in [-0.25, -0.2) is 14.8 Å². The van der Waals surface area contributed by atoms with Crippen molar-refractivity contribution in [1.82, 2.24) is 14.9 Å². The first-order chi connectivity index (χ1) is 12.6. The number of hydrogen-bond donors (Lipinski definition) is 1. The molecule has 7 heteroatoms. The lowest BCUT2D eigenvalue weighted by Crippen LogP contribution is -2.53. The van der Waals surface area contributed by atoms with E-state index in [2.05, 4.69) is 38.8 Å². The van der Waals surface area contributed by atoms with Gasteiger partial charge in [-0.3, -0.25) is 4.90 Å². The molecule has 2 unspecified atom stereocenters. The van der Waals surface area contributed by atoms with Gasteiger partial charge in [-0.15, -0.1) is 0 Å². The highest BCUT2D eigenvalue weighted by Crippen LogP contribution is 2.31. The fourth-order valence-corrected chi connectivity index (χ4v) is 3.64. The van der Waals surface area contributed by atoms with Crippen molar-refractivity contribution in [3.63, 3.8) is 0 Å². The number of rotatable bonds is 4. The summed E-state index contributed by atoms with van der Waals surface area (Å²) in [5, 5.41) is 8.94. The van der Waals surface area contributed by atoms with Gasteiger partial charge in [-0.1, -0.05) is 18.2 Å². The molecule has 26 heavy (non-hydrogen) atoms. The molecule has 2 aromatic rings. The molecule has 1 saturated heterocycles. The Kier molecular flexibility index (Phi) is 4.46. The first-order valence-corrected chi connectivity index (χ1v) is 8.91. The Hall–Kier alpha value is -2.67. The molecule has 7 nitrogen and oxygen atoms in total. The summed E-state index contributed by atoms with van der Waals surface area (Å²) in [6.45, 7) is 5.67. The molecule has 0 amide bonds. The van der Waals surface area contributed by atoms with E-state index in [1.165, 1.54) is 18.0 Å². The fourth-order valence-electron chi connectivity index (χ4n) is 3.64. The number of nitrogens with zero attached hydrogens (tertiary/aromatic N) is 4. The van der Waals surface area contributed by atoms with Crippen molar-refractivity contribution < 1.29 is 14.6 Å². The topological polar surface area (TPSA) is 78.8 Å². The van der Waals surface area contributed by atoms with Gasteiger partial charge in [0.15, 0.2) is 0 Å². The highest BCUT2D eigenvalue weighted by molar-refractivity contribution is 5.86. The number of carboxylic acids is 1. The van der Waals surface area contributed by atoms with E-state index in [-0.39, 0.29) is 11.7 Å². The normalized spacial score (nSPS) is 21.1. The quantitative estimate of drug-likeness (QED) is 0.895. The molecule has 2 aliphatic heterocycles. The van der Waals surface area contributed by atoms with Crippen LogP contribution in [0.25, 0.3) is 0 Å². The lowest BCUT2D eigenvalue weighted by molar-refractivity contribution is 0.0696. The zero-order chi connectivity index (χ0) is 18.1. The number of aromatic nitrogens is 2. The molecular formula is C19H22N4O3. The van der Waals surface area contributed by atoms with Gasteiger partial charge in [0.05, 0.1) is 5.56 Å². The summed E-state index contributed by atoms with van der Waals surface area (Å²) in [6.07, 6.45) is 3.87. The fraction of sp³-hybridized carbons (Fsp3) is 0.421. The van der Waals surface area contributed by atoms with Crippen molar-refractivity contribution in [2.75, 3.05) is 31.1 Å². The maximum absolute atomic E-state index is 10.9. The third-order valence-electron chi connectivity index (χ3n) is 5.27. The number of carbonyl (C=O) groups is 1. The van der Waals surface area contributed by atoms with Gasteiger partial charge < -0.3 is 14.7 Å². The second-order valence-electron chi connectivity index (χ2n) is 6.81. The monoisotopic (exact) mass is 354 g/mol. The average Bonchev–Trinajstić information content (AvgIpc) is 3.12. The lowest BCUT2D eigenvalue weighted by atomic mass is 10.0. The van der Waals surface area contributed by atoms with Gasteiger partial charge in [0.2, 0.25) is 5.95 Å². The molecule has 2 atom stereocenters. The van der Waals surface area contributed by atoms with Gasteiger partial charge in [0, 0.05) is 51.0 Å². The van der Waals surface area contributed by atoms with E-state index >= 15 is 0 Å². The Labute approximate surface area is 152 Å². The SMILES string of the molecule is CC(C1Cc2ccccc2O1)N1CCN(c2ncc(C(=O)O)cn2)CC1. The number of fused-ring (bicyclic) bond motifs is 1. The van der Waals surface area contributed by atoms with Crippen LogP contribution in [0.15, 0.2) is 36.7 Å². The molecule has 136 valence electrons. The Morgan fingerprint density at radius 2 is 1.88 bits per heavy atom. The van der Waals surface area contributed by atoms with Crippen molar-refractivity contribution in [2.24, 2.45) is 0 Å². The predicted molar refractivity (Wildman–Crippen MR) is 96.8 cm³/mol. The van der Waals surface area contributed by atoms with Crippen LogP contribution in [0.4, 0.5) is 5.95 Å². The van der Waals surface area contributed by atoms with E-state index in [1.807, 2.05) is 12.1 Å². The molecule has 1 fully saturated rings. The number of carboxylic acid groups (broad SMARTS) is 1. The Morgan fingerprint density at radius 1 is 1.19 bits per heavy atom. The van der Waals surface area contributed by atoms with Gasteiger partial charge in [-0.05, 0) is 18.6 Å². The second-order valence-corrected chi connectivity index (χ2v) is 6.81. The van der Waals surface area contributed by atoms with Gasteiger partial charge in [0.25, 0.3) is 0 Å². The second kappa shape index (κ2) is 6.92. The molecule has 1 aromatic carbocycles. The van der Waals surface area contributed by atoms with Crippen LogP contribution in [-0.4, -0.2) is 64.3 Å². The minimum absolute atomic E-state index is 0.110. The molecule has 4 rings (SSSR count). The smallest absolute Gasteiger partial charge is 0.338 e. The van der Waals surface area contributed by atoms with Crippen LogP contribution in [0.5, 0.6) is 5.75 Å². The van der Waals surface area contributed by atoms with Crippen molar-refractivity contribution >= 4 is 11.9 Å². The van der Waals surface area contributed by atoms with E-state index < -0.39 is 5.97 Å². The standard InChI is InChI=1S/C19H22N4O3/c1-13(17-10-14-4-2-3-5-16(14)26-17)22-6-8-23(9-7-22)19-20-11-15(12-21-19)18(24)25/h2-5,11-13,17H,6-10H2,1H3,(H,24,25). The zero-order valence-electron chi connectivity index (χ0n) is 14.7. The Balaban J connectivity index is 1.34. The first kappa shape index (κ1) is 16.8. The van der Waals surface area contributed by atoms with Crippen LogP contribution in [0.2, 0.25) is 0 Å².